The van der Waals surface area contributed by atoms with Crippen molar-refractivity contribution >= 4 is 40.7 Å². The number of hydrogen-bond donors (Lipinski definition) is 2. The summed E-state index contributed by atoms with van der Waals surface area (Å²) in [5.41, 5.74) is 2.00. The lowest BCUT2D eigenvalue weighted by atomic mass is 10.1. The van der Waals surface area contributed by atoms with Crippen molar-refractivity contribution in [1.82, 2.24) is 9.97 Å². The first kappa shape index (κ1) is 18.2. The molecule has 1 heterocycles. The summed E-state index contributed by atoms with van der Waals surface area (Å²) in [5.74, 6) is 0.114. The molecule has 7 heteroatoms. The molecule has 3 rings (SSSR count). The molecule has 0 atom stereocenters. The molecule has 1 amide bonds. The molecular weight excluding hydrogens is 371 g/mol. The van der Waals surface area contributed by atoms with Crippen molar-refractivity contribution in [2.45, 2.75) is 6.42 Å². The summed E-state index contributed by atoms with van der Waals surface area (Å²) in [6.07, 6.45) is 3.79. The summed E-state index contributed by atoms with van der Waals surface area (Å²) < 4.78 is 0. The Kier molecular flexibility index (Phi) is 6.04. The van der Waals surface area contributed by atoms with Gasteiger partial charge in [0.2, 0.25) is 5.95 Å². The van der Waals surface area contributed by atoms with Crippen LogP contribution in [0.25, 0.3) is 0 Å². The monoisotopic (exact) mass is 386 g/mol. The van der Waals surface area contributed by atoms with Gasteiger partial charge in [-0.1, -0.05) is 59.6 Å². The van der Waals surface area contributed by atoms with E-state index < -0.39 is 0 Å². The second-order valence-electron chi connectivity index (χ2n) is 5.51. The highest BCUT2D eigenvalue weighted by Crippen LogP contribution is 2.29. The second-order valence-corrected chi connectivity index (χ2v) is 6.30. The van der Waals surface area contributed by atoms with E-state index >= 15 is 0 Å². The van der Waals surface area contributed by atoms with Crippen LogP contribution >= 0.6 is 23.2 Å². The van der Waals surface area contributed by atoms with Crippen molar-refractivity contribution in [2.24, 2.45) is 0 Å². The largest absolute Gasteiger partial charge is 0.354 e. The number of benzene rings is 2. The Balaban J connectivity index is 1.56. The van der Waals surface area contributed by atoms with Crippen LogP contribution in [0.1, 0.15) is 15.9 Å². The number of aromatic nitrogens is 2. The highest BCUT2D eigenvalue weighted by atomic mass is 35.5. The van der Waals surface area contributed by atoms with E-state index in [9.17, 15) is 4.79 Å². The Morgan fingerprint density at radius 1 is 0.962 bits per heavy atom. The van der Waals surface area contributed by atoms with E-state index in [-0.39, 0.29) is 5.91 Å². The van der Waals surface area contributed by atoms with Gasteiger partial charge in [0.05, 0.1) is 21.3 Å². The molecule has 132 valence electrons. The van der Waals surface area contributed by atoms with Crippen molar-refractivity contribution in [1.29, 1.82) is 0 Å². The fourth-order valence-corrected chi connectivity index (χ4v) is 2.64. The highest BCUT2D eigenvalue weighted by molar-refractivity contribution is 6.44. The number of carbonyl (C=O) groups excluding carboxylic acids is 1. The topological polar surface area (TPSA) is 66.9 Å². The summed E-state index contributed by atoms with van der Waals surface area (Å²) in [6, 6.07) is 15.2. The lowest BCUT2D eigenvalue weighted by Crippen LogP contribution is -2.14. The number of nitrogens with zero attached hydrogens (tertiary/aromatic N) is 2. The summed E-state index contributed by atoms with van der Waals surface area (Å²) in [5, 5.41) is 6.50. The van der Waals surface area contributed by atoms with Crippen LogP contribution in [0, 0.1) is 0 Å². The molecule has 26 heavy (non-hydrogen) atoms. The van der Waals surface area contributed by atoms with Gasteiger partial charge in [-0.15, -0.1) is 0 Å². The van der Waals surface area contributed by atoms with Gasteiger partial charge in [-0.05, 0) is 24.1 Å². The molecule has 0 saturated heterocycles. The molecule has 0 spiro atoms. The number of carbonyl (C=O) groups is 1. The van der Waals surface area contributed by atoms with Crippen LogP contribution < -0.4 is 10.6 Å². The zero-order chi connectivity index (χ0) is 18.4. The molecule has 0 aliphatic carbocycles. The molecule has 0 fully saturated rings. The van der Waals surface area contributed by atoms with E-state index in [1.54, 1.807) is 18.2 Å². The molecule has 5 nitrogen and oxygen atoms in total. The molecule has 0 saturated carbocycles. The van der Waals surface area contributed by atoms with Gasteiger partial charge < -0.3 is 10.6 Å². The van der Waals surface area contributed by atoms with Crippen LogP contribution in [0.2, 0.25) is 10.0 Å². The van der Waals surface area contributed by atoms with Crippen molar-refractivity contribution in [3.63, 3.8) is 0 Å². The maximum absolute atomic E-state index is 12.3. The number of nitrogens with one attached hydrogen (secondary N) is 2. The fourth-order valence-electron chi connectivity index (χ4n) is 2.29. The van der Waals surface area contributed by atoms with E-state index in [1.807, 2.05) is 18.2 Å². The second kappa shape index (κ2) is 8.65. The number of anilines is 2. The third-order valence-corrected chi connectivity index (χ3v) is 4.47. The van der Waals surface area contributed by atoms with Gasteiger partial charge in [0, 0.05) is 18.9 Å². The summed E-state index contributed by atoms with van der Waals surface area (Å²) in [7, 11) is 0. The summed E-state index contributed by atoms with van der Waals surface area (Å²) in [6.45, 7) is 0.702. The smallest absolute Gasteiger partial charge is 0.258 e. The molecule has 1 aromatic heterocycles. The van der Waals surface area contributed by atoms with Crippen LogP contribution in [-0.2, 0) is 6.42 Å². The molecule has 2 aromatic carbocycles. The first-order valence-corrected chi connectivity index (χ1v) is 8.74. The molecule has 0 radical (unpaired) electrons. The third-order valence-electron chi connectivity index (χ3n) is 3.65. The Bertz CT molecular complexity index is 886. The van der Waals surface area contributed by atoms with Crippen molar-refractivity contribution < 1.29 is 4.79 Å². The highest BCUT2D eigenvalue weighted by Gasteiger charge is 2.11. The predicted molar refractivity (Wildman–Crippen MR) is 105 cm³/mol. The number of halogens is 2. The minimum Gasteiger partial charge on any atom is -0.354 e. The average Bonchev–Trinajstić information content (AvgIpc) is 2.67. The predicted octanol–water partition coefficient (Wildman–Crippen LogP) is 4.69. The normalized spacial score (nSPS) is 10.4. The lowest BCUT2D eigenvalue weighted by molar-refractivity contribution is 0.102. The van der Waals surface area contributed by atoms with Gasteiger partial charge in [-0.25, -0.2) is 9.97 Å². The van der Waals surface area contributed by atoms with E-state index in [0.29, 0.717) is 33.8 Å². The lowest BCUT2D eigenvalue weighted by Gasteiger charge is -2.08. The zero-order valence-corrected chi connectivity index (χ0v) is 15.3. The molecule has 0 aliphatic heterocycles. The van der Waals surface area contributed by atoms with E-state index in [1.165, 1.54) is 18.0 Å². The molecule has 0 aliphatic rings. The van der Waals surface area contributed by atoms with Crippen molar-refractivity contribution in [3.8, 4) is 0 Å². The fraction of sp³-hybridized carbons (Fsp3) is 0.105. The van der Waals surface area contributed by atoms with Gasteiger partial charge in [0.25, 0.3) is 5.91 Å². The Morgan fingerprint density at radius 2 is 1.69 bits per heavy atom. The van der Waals surface area contributed by atoms with Crippen LogP contribution in [0.15, 0.2) is 60.9 Å². The maximum Gasteiger partial charge on any atom is 0.258 e. The van der Waals surface area contributed by atoms with Gasteiger partial charge in [-0.3, -0.25) is 4.79 Å². The summed E-state index contributed by atoms with van der Waals surface area (Å²) >= 11 is 12.0. The maximum atomic E-state index is 12.3. The van der Waals surface area contributed by atoms with Crippen molar-refractivity contribution in [2.75, 3.05) is 17.2 Å². The van der Waals surface area contributed by atoms with E-state index in [0.717, 1.165) is 6.42 Å². The molecule has 0 unspecified atom stereocenters. The first-order valence-electron chi connectivity index (χ1n) is 7.98. The zero-order valence-electron chi connectivity index (χ0n) is 13.7. The molecule has 0 bridgehead atoms. The third kappa shape index (κ3) is 4.71. The standard InChI is InChI=1S/C19H16Cl2N4O/c20-15-7-4-8-16(17(15)21)25-18(26)14-11-23-19(24-12-14)22-10-9-13-5-2-1-3-6-13/h1-8,11-12H,9-10H2,(H,25,26)(H,22,23,24). The van der Waals surface area contributed by atoms with Crippen LogP contribution in [-0.4, -0.2) is 22.4 Å². The molecule has 2 N–H and O–H groups in total. The quantitative estimate of drug-likeness (QED) is 0.644. The van der Waals surface area contributed by atoms with Gasteiger partial charge in [-0.2, -0.15) is 0 Å². The first-order chi connectivity index (χ1) is 12.6. The van der Waals surface area contributed by atoms with Gasteiger partial charge >= 0.3 is 0 Å². The Morgan fingerprint density at radius 3 is 2.42 bits per heavy atom. The SMILES string of the molecule is O=C(Nc1cccc(Cl)c1Cl)c1cnc(NCCc2ccccc2)nc1. The number of amides is 1. The minimum atomic E-state index is -0.356. The number of hydrogen-bond acceptors (Lipinski definition) is 4. The van der Waals surface area contributed by atoms with Crippen LogP contribution in [0.5, 0.6) is 0 Å². The van der Waals surface area contributed by atoms with Crippen LogP contribution in [0.3, 0.4) is 0 Å². The van der Waals surface area contributed by atoms with Gasteiger partial charge in [0.1, 0.15) is 0 Å². The van der Waals surface area contributed by atoms with E-state index in [4.69, 9.17) is 23.2 Å². The average molecular weight is 387 g/mol. The Labute approximate surface area is 161 Å². The minimum absolute atomic E-state index is 0.294. The van der Waals surface area contributed by atoms with Crippen molar-refractivity contribution in [3.05, 3.63) is 82.1 Å². The summed E-state index contributed by atoms with van der Waals surface area (Å²) in [4.78, 5) is 20.6. The number of rotatable bonds is 6. The molecule has 3 aromatic rings. The Hall–Kier alpha value is -2.63. The van der Waals surface area contributed by atoms with E-state index in [2.05, 4.69) is 32.7 Å². The molecular formula is C19H16Cl2N4O. The van der Waals surface area contributed by atoms with Crippen LogP contribution in [0.4, 0.5) is 11.6 Å². The van der Waals surface area contributed by atoms with Gasteiger partial charge in [0.15, 0.2) is 0 Å².